The normalized spacial score (nSPS) is 12.7. The zero-order valence-electron chi connectivity index (χ0n) is 20.7. The van der Waals surface area contributed by atoms with E-state index in [1.54, 1.807) is 41.4 Å². The van der Waals surface area contributed by atoms with E-state index in [0.29, 0.717) is 41.2 Å². The van der Waals surface area contributed by atoms with Crippen LogP contribution in [0, 0.1) is 6.92 Å². The number of nitrogens with two attached hydrogens (primary N) is 1. The van der Waals surface area contributed by atoms with Gasteiger partial charge in [-0.1, -0.05) is 31.4 Å². The van der Waals surface area contributed by atoms with Crippen molar-refractivity contribution in [1.29, 1.82) is 0 Å². The number of anilines is 5. The molecular weight excluding hydrogens is 482 g/mol. The number of amides is 2. The third-order valence-corrected chi connectivity index (χ3v) is 6.35. The van der Waals surface area contributed by atoms with Gasteiger partial charge in [-0.05, 0) is 55.0 Å². The van der Waals surface area contributed by atoms with Crippen LogP contribution in [0.5, 0.6) is 0 Å². The minimum absolute atomic E-state index is 0.0204. The number of benzene rings is 2. The molecule has 0 saturated carbocycles. The Morgan fingerprint density at radius 3 is 2.61 bits per heavy atom. The SMILES string of the molecule is C=CC(=O)Nc1cccc(-n2c(=O)c(N3CCN(C(=O)C=C)c4c(C)cccc43)cc3cnc(N)nc32)c1. The molecule has 0 bridgehead atoms. The Bertz CT molecular complexity index is 1690. The maximum absolute atomic E-state index is 14.2. The fourth-order valence-electron chi connectivity index (χ4n) is 4.67. The van der Waals surface area contributed by atoms with E-state index in [9.17, 15) is 14.4 Å². The number of nitrogens with zero attached hydrogens (tertiary/aromatic N) is 5. The minimum Gasteiger partial charge on any atom is -0.368 e. The summed E-state index contributed by atoms with van der Waals surface area (Å²) in [7, 11) is 0. The number of para-hydroxylation sites is 1. The number of aromatic nitrogens is 3. The van der Waals surface area contributed by atoms with Crippen LogP contribution in [0.4, 0.5) is 28.7 Å². The molecule has 0 spiro atoms. The second-order valence-corrected chi connectivity index (χ2v) is 8.71. The van der Waals surface area contributed by atoms with Crippen LogP contribution in [-0.4, -0.2) is 39.4 Å². The number of fused-ring (bicyclic) bond motifs is 2. The number of hydrogen-bond acceptors (Lipinski definition) is 7. The third kappa shape index (κ3) is 4.17. The topological polar surface area (TPSA) is 126 Å². The highest BCUT2D eigenvalue weighted by molar-refractivity contribution is 6.05. The monoisotopic (exact) mass is 507 g/mol. The largest absolute Gasteiger partial charge is 0.368 e. The van der Waals surface area contributed by atoms with E-state index in [-0.39, 0.29) is 23.3 Å². The number of carbonyl (C=O) groups excluding carboxylic acids is 2. The minimum atomic E-state index is -0.376. The number of pyridine rings is 1. The second kappa shape index (κ2) is 9.66. The van der Waals surface area contributed by atoms with E-state index in [4.69, 9.17) is 5.73 Å². The van der Waals surface area contributed by atoms with Crippen molar-refractivity contribution in [2.45, 2.75) is 6.92 Å². The number of hydrogen-bond donors (Lipinski definition) is 2. The first-order chi connectivity index (χ1) is 18.3. The van der Waals surface area contributed by atoms with Gasteiger partial charge in [-0.2, -0.15) is 4.98 Å². The van der Waals surface area contributed by atoms with E-state index in [1.165, 1.54) is 16.7 Å². The molecule has 4 aromatic rings. The Kier molecular flexibility index (Phi) is 6.21. The summed E-state index contributed by atoms with van der Waals surface area (Å²) in [6.45, 7) is 9.77. The smallest absolute Gasteiger partial charge is 0.280 e. The van der Waals surface area contributed by atoms with Crippen molar-refractivity contribution in [2.24, 2.45) is 0 Å². The molecule has 3 heterocycles. The van der Waals surface area contributed by atoms with Crippen molar-refractivity contribution in [3.8, 4) is 5.69 Å². The molecule has 0 fully saturated rings. The maximum Gasteiger partial charge on any atom is 0.280 e. The van der Waals surface area contributed by atoms with Crippen LogP contribution in [0.2, 0.25) is 0 Å². The molecule has 0 aliphatic carbocycles. The van der Waals surface area contributed by atoms with Crippen LogP contribution in [0.25, 0.3) is 16.7 Å². The van der Waals surface area contributed by atoms with Crippen molar-refractivity contribution in [2.75, 3.05) is 33.9 Å². The van der Waals surface area contributed by atoms with Gasteiger partial charge in [-0.3, -0.25) is 19.0 Å². The average Bonchev–Trinajstić information content (AvgIpc) is 2.92. The number of aryl methyl sites for hydroxylation is 1. The number of nitrogens with one attached hydrogen (secondary N) is 1. The summed E-state index contributed by atoms with van der Waals surface area (Å²) in [5.74, 6) is -0.566. The van der Waals surface area contributed by atoms with Gasteiger partial charge in [0.25, 0.3) is 11.5 Å². The summed E-state index contributed by atoms with van der Waals surface area (Å²) in [6, 6.07) is 14.3. The summed E-state index contributed by atoms with van der Waals surface area (Å²) < 4.78 is 1.45. The van der Waals surface area contributed by atoms with Gasteiger partial charge >= 0.3 is 0 Å². The highest BCUT2D eigenvalue weighted by Crippen LogP contribution is 2.39. The zero-order valence-corrected chi connectivity index (χ0v) is 20.7. The lowest BCUT2D eigenvalue weighted by Crippen LogP contribution is -2.43. The molecule has 3 N–H and O–H groups in total. The van der Waals surface area contributed by atoms with Crippen LogP contribution in [0.3, 0.4) is 0 Å². The summed E-state index contributed by atoms with van der Waals surface area (Å²) in [5.41, 5.74) is 9.54. The summed E-state index contributed by atoms with van der Waals surface area (Å²) in [5, 5.41) is 3.30. The Morgan fingerprint density at radius 2 is 1.84 bits per heavy atom. The Balaban J connectivity index is 1.74. The molecule has 0 unspecified atom stereocenters. The molecule has 10 heteroatoms. The van der Waals surface area contributed by atoms with Crippen LogP contribution in [-0.2, 0) is 9.59 Å². The Morgan fingerprint density at radius 1 is 1.05 bits per heavy atom. The quantitative estimate of drug-likeness (QED) is 0.396. The molecule has 2 aromatic heterocycles. The van der Waals surface area contributed by atoms with Gasteiger partial charge in [-0.15, -0.1) is 0 Å². The first kappa shape index (κ1) is 24.4. The molecule has 38 heavy (non-hydrogen) atoms. The van der Waals surface area contributed by atoms with Gasteiger partial charge in [0.1, 0.15) is 5.69 Å². The van der Waals surface area contributed by atoms with Crippen LogP contribution >= 0.6 is 0 Å². The van der Waals surface area contributed by atoms with Crippen LogP contribution < -0.4 is 26.4 Å². The van der Waals surface area contributed by atoms with Gasteiger partial charge in [-0.25, -0.2) is 4.98 Å². The lowest BCUT2D eigenvalue weighted by atomic mass is 10.1. The van der Waals surface area contributed by atoms with Gasteiger partial charge in [0.05, 0.1) is 17.1 Å². The molecule has 0 saturated heterocycles. The second-order valence-electron chi connectivity index (χ2n) is 8.71. The summed E-state index contributed by atoms with van der Waals surface area (Å²) in [4.78, 5) is 50.7. The molecule has 0 radical (unpaired) electrons. The van der Waals surface area contributed by atoms with E-state index < -0.39 is 0 Å². The predicted molar refractivity (Wildman–Crippen MR) is 149 cm³/mol. The molecule has 0 atom stereocenters. The van der Waals surface area contributed by atoms with E-state index in [2.05, 4.69) is 28.4 Å². The highest BCUT2D eigenvalue weighted by atomic mass is 16.2. The van der Waals surface area contributed by atoms with Crippen molar-refractivity contribution >= 4 is 51.5 Å². The van der Waals surface area contributed by atoms with Gasteiger partial charge in [0, 0.05) is 30.4 Å². The van der Waals surface area contributed by atoms with Gasteiger partial charge in [0.15, 0.2) is 5.65 Å². The van der Waals surface area contributed by atoms with Crippen molar-refractivity contribution in [1.82, 2.24) is 14.5 Å². The predicted octanol–water partition coefficient (Wildman–Crippen LogP) is 3.47. The third-order valence-electron chi connectivity index (χ3n) is 6.35. The molecular formula is C28H25N7O3. The van der Waals surface area contributed by atoms with Crippen molar-refractivity contribution < 1.29 is 9.59 Å². The highest BCUT2D eigenvalue weighted by Gasteiger charge is 2.30. The lowest BCUT2D eigenvalue weighted by Gasteiger charge is -2.38. The molecule has 1 aliphatic heterocycles. The van der Waals surface area contributed by atoms with Crippen LogP contribution in [0.1, 0.15) is 5.56 Å². The number of carbonyl (C=O) groups is 2. The van der Waals surface area contributed by atoms with E-state index in [0.717, 1.165) is 16.9 Å². The van der Waals surface area contributed by atoms with E-state index in [1.807, 2.05) is 30.0 Å². The Labute approximate surface area is 218 Å². The van der Waals surface area contributed by atoms with Gasteiger partial charge in [0.2, 0.25) is 11.9 Å². The zero-order chi connectivity index (χ0) is 27.0. The average molecular weight is 508 g/mol. The molecule has 2 amide bonds. The Hall–Kier alpha value is -5.25. The lowest BCUT2D eigenvalue weighted by molar-refractivity contribution is -0.114. The van der Waals surface area contributed by atoms with Crippen molar-refractivity contribution in [3.05, 3.63) is 96.0 Å². The van der Waals surface area contributed by atoms with Gasteiger partial charge < -0.3 is 20.9 Å². The fourth-order valence-corrected chi connectivity index (χ4v) is 4.67. The molecule has 1 aliphatic rings. The number of rotatable bonds is 5. The first-order valence-corrected chi connectivity index (χ1v) is 11.9. The molecule has 5 rings (SSSR count). The standard InChI is InChI=1S/C28H25N7O3/c1-4-23(36)31-19-9-7-10-20(15-19)35-26-18(16-30-28(29)32-26)14-22(27(35)38)33-12-13-34(24(37)5-2)25-17(3)8-6-11-21(25)33/h4-11,14-16H,1-2,12-13H2,3H3,(H,31,36)(H2,29,30,32). The molecule has 10 nitrogen and oxygen atoms in total. The molecule has 2 aromatic carbocycles. The van der Waals surface area contributed by atoms with Crippen LogP contribution in [0.15, 0.2) is 84.8 Å². The molecule has 190 valence electrons. The van der Waals surface area contributed by atoms with E-state index >= 15 is 0 Å². The first-order valence-electron chi connectivity index (χ1n) is 11.9. The fraction of sp³-hybridized carbons (Fsp3) is 0.107. The maximum atomic E-state index is 14.2. The summed E-state index contributed by atoms with van der Waals surface area (Å²) in [6.07, 6.45) is 4.02. The number of nitrogen functional groups attached to an aromatic ring is 1. The summed E-state index contributed by atoms with van der Waals surface area (Å²) >= 11 is 0. The van der Waals surface area contributed by atoms with Crippen molar-refractivity contribution in [3.63, 3.8) is 0 Å².